The monoisotopic (exact) mass is 328 g/mol. The maximum absolute atomic E-state index is 12.4. The lowest BCUT2D eigenvalue weighted by Crippen LogP contribution is -2.47. The highest BCUT2D eigenvalue weighted by Gasteiger charge is 2.54. The number of hydrogen-bond acceptors (Lipinski definition) is 4. The molecule has 4 nitrogen and oxygen atoms in total. The molecule has 0 heterocycles. The van der Waals surface area contributed by atoms with E-state index in [9.17, 15) is 26.4 Å². The molecule has 3 fully saturated rings. The first-order valence-corrected chi connectivity index (χ1v) is 8.59. The summed E-state index contributed by atoms with van der Waals surface area (Å²) in [5, 5.41) is 0. The molecule has 3 aliphatic carbocycles. The third kappa shape index (κ3) is 2.91. The molecule has 0 aromatic heterocycles. The molecular formula is C13H19F3O4S. The Morgan fingerprint density at radius 2 is 1.57 bits per heavy atom. The van der Waals surface area contributed by atoms with Crippen LogP contribution in [0.1, 0.15) is 44.9 Å². The Balaban J connectivity index is 2.01. The number of fused-ring (bicyclic) bond motifs is 3. The van der Waals surface area contributed by atoms with E-state index in [2.05, 4.69) is 0 Å². The van der Waals surface area contributed by atoms with Crippen LogP contribution in [0.5, 0.6) is 0 Å². The van der Waals surface area contributed by atoms with Crippen LogP contribution in [0.4, 0.5) is 13.2 Å². The van der Waals surface area contributed by atoms with E-state index < -0.39 is 26.5 Å². The van der Waals surface area contributed by atoms with Crippen molar-refractivity contribution in [1.29, 1.82) is 0 Å². The first kappa shape index (κ1) is 16.6. The molecule has 0 amide bonds. The third-order valence-corrected chi connectivity index (χ3v) is 6.72. The molecule has 0 saturated heterocycles. The number of carbonyl (C=O) groups excluding carboxylic acids is 1. The molecule has 3 rings (SSSR count). The number of methoxy groups -OCH3 is 1. The zero-order valence-corrected chi connectivity index (χ0v) is 12.6. The van der Waals surface area contributed by atoms with Gasteiger partial charge in [0.1, 0.15) is 0 Å². The van der Waals surface area contributed by atoms with Crippen molar-refractivity contribution in [2.75, 3.05) is 12.9 Å². The van der Waals surface area contributed by atoms with Crippen molar-refractivity contribution in [3.05, 3.63) is 0 Å². The number of ether oxygens (including phenoxy) is 1. The average Bonchev–Trinajstić information content (AvgIpc) is 2.45. The second-order valence-corrected chi connectivity index (χ2v) is 8.39. The topological polar surface area (TPSA) is 60.4 Å². The molecule has 0 aliphatic heterocycles. The van der Waals surface area contributed by atoms with Gasteiger partial charge in [0, 0.05) is 0 Å². The van der Waals surface area contributed by atoms with Crippen LogP contribution in [-0.2, 0) is 19.4 Å². The van der Waals surface area contributed by atoms with Gasteiger partial charge in [0.2, 0.25) is 9.84 Å². The molecule has 8 heteroatoms. The molecule has 0 atom stereocenters. The lowest BCUT2D eigenvalue weighted by Gasteiger charge is -2.52. The summed E-state index contributed by atoms with van der Waals surface area (Å²) in [5.74, 6) is -1.11. The second-order valence-electron chi connectivity index (χ2n) is 6.29. The molecule has 21 heavy (non-hydrogen) atoms. The summed E-state index contributed by atoms with van der Waals surface area (Å²) in [6.45, 7) is 0. The smallest absolute Gasteiger partial charge is 0.469 e. The van der Waals surface area contributed by atoms with Gasteiger partial charge in [-0.1, -0.05) is 0 Å². The van der Waals surface area contributed by atoms with Gasteiger partial charge in [-0.2, -0.15) is 13.2 Å². The number of halogens is 3. The highest BCUT2D eigenvalue weighted by molar-refractivity contribution is 7.92. The number of sulfone groups is 1. The standard InChI is InChI=1S/C13H19F3O4S/c1-20-10(17)12-5-2-11(3-6-12,4-7-12)8-9-21(18,19)13(14,15)16/h2-9H2,1H3. The molecular weight excluding hydrogens is 309 g/mol. The number of carbonyl (C=O) groups is 1. The number of hydrogen-bond donors (Lipinski definition) is 0. The fourth-order valence-corrected chi connectivity index (χ4v) is 4.56. The predicted octanol–water partition coefficient (Wildman–Crippen LogP) is 2.82. The normalized spacial score (nSPS) is 33.0. The van der Waals surface area contributed by atoms with Crippen LogP contribution in [0.25, 0.3) is 0 Å². The maximum atomic E-state index is 12.4. The number of esters is 1. The first-order chi connectivity index (χ1) is 9.56. The Kier molecular flexibility index (Phi) is 4.06. The first-order valence-electron chi connectivity index (χ1n) is 6.93. The minimum atomic E-state index is -5.18. The van der Waals surface area contributed by atoms with Crippen LogP contribution in [0.3, 0.4) is 0 Å². The van der Waals surface area contributed by atoms with Crippen molar-refractivity contribution in [3.8, 4) is 0 Å². The Morgan fingerprint density at radius 1 is 1.10 bits per heavy atom. The van der Waals surface area contributed by atoms with Crippen molar-refractivity contribution >= 4 is 15.8 Å². The fourth-order valence-electron chi connectivity index (χ4n) is 3.63. The highest BCUT2D eigenvalue weighted by Crippen LogP contribution is 2.58. The molecule has 0 radical (unpaired) electrons. The molecule has 2 bridgehead atoms. The minimum Gasteiger partial charge on any atom is -0.469 e. The fraction of sp³-hybridized carbons (Fsp3) is 0.923. The largest absolute Gasteiger partial charge is 0.497 e. The van der Waals surface area contributed by atoms with E-state index in [-0.39, 0.29) is 17.8 Å². The van der Waals surface area contributed by atoms with Gasteiger partial charge >= 0.3 is 11.5 Å². The Labute approximate surface area is 122 Å². The van der Waals surface area contributed by atoms with Gasteiger partial charge in [-0.15, -0.1) is 0 Å². The van der Waals surface area contributed by atoms with Crippen molar-refractivity contribution < 1.29 is 31.1 Å². The third-order valence-electron chi connectivity index (χ3n) is 5.27. The predicted molar refractivity (Wildman–Crippen MR) is 69.0 cm³/mol. The van der Waals surface area contributed by atoms with Gasteiger partial charge in [-0.05, 0) is 50.4 Å². The summed E-state index contributed by atoms with van der Waals surface area (Å²) in [6.07, 6.45) is 3.52. The summed E-state index contributed by atoms with van der Waals surface area (Å²) >= 11 is 0. The van der Waals surface area contributed by atoms with E-state index in [0.29, 0.717) is 38.5 Å². The lowest BCUT2D eigenvalue weighted by molar-refractivity contribution is -0.162. The van der Waals surface area contributed by atoms with Gasteiger partial charge < -0.3 is 4.74 Å². The van der Waals surface area contributed by atoms with E-state index in [1.165, 1.54) is 7.11 Å². The van der Waals surface area contributed by atoms with Crippen molar-refractivity contribution in [2.24, 2.45) is 10.8 Å². The van der Waals surface area contributed by atoms with Crippen molar-refractivity contribution in [1.82, 2.24) is 0 Å². The molecule has 0 unspecified atom stereocenters. The van der Waals surface area contributed by atoms with E-state index in [4.69, 9.17) is 4.74 Å². The molecule has 3 aliphatic rings. The lowest BCUT2D eigenvalue weighted by atomic mass is 9.53. The molecule has 0 N–H and O–H groups in total. The molecule has 0 aromatic carbocycles. The van der Waals surface area contributed by atoms with E-state index in [1.54, 1.807) is 0 Å². The zero-order valence-electron chi connectivity index (χ0n) is 11.8. The van der Waals surface area contributed by atoms with Crippen LogP contribution in [0.15, 0.2) is 0 Å². The zero-order chi connectivity index (χ0) is 15.9. The second kappa shape index (κ2) is 5.14. The Morgan fingerprint density at radius 3 is 1.95 bits per heavy atom. The van der Waals surface area contributed by atoms with Crippen molar-refractivity contribution in [2.45, 2.75) is 50.5 Å². The Hall–Kier alpha value is -0.790. The van der Waals surface area contributed by atoms with Gasteiger partial charge in [-0.25, -0.2) is 8.42 Å². The van der Waals surface area contributed by atoms with Crippen molar-refractivity contribution in [3.63, 3.8) is 0 Å². The van der Waals surface area contributed by atoms with E-state index >= 15 is 0 Å². The van der Waals surface area contributed by atoms with E-state index in [0.717, 1.165) is 0 Å². The van der Waals surface area contributed by atoms with Gasteiger partial charge in [0.25, 0.3) is 0 Å². The Bertz CT molecular complexity index is 499. The maximum Gasteiger partial charge on any atom is 0.497 e. The van der Waals surface area contributed by atoms with Crippen LogP contribution in [0.2, 0.25) is 0 Å². The minimum absolute atomic E-state index is 0.0199. The molecule has 0 aromatic rings. The molecule has 122 valence electrons. The SMILES string of the molecule is COC(=O)C12CCC(CCS(=O)(=O)C(F)(F)F)(CC1)CC2. The van der Waals surface area contributed by atoms with Crippen LogP contribution in [0, 0.1) is 10.8 Å². The number of rotatable bonds is 4. The van der Waals surface area contributed by atoms with Crippen LogP contribution < -0.4 is 0 Å². The van der Waals surface area contributed by atoms with Gasteiger partial charge in [0.05, 0.1) is 18.3 Å². The number of alkyl halides is 3. The summed E-state index contributed by atoms with van der Waals surface area (Å²) in [6, 6.07) is 0. The molecule has 3 saturated carbocycles. The van der Waals surface area contributed by atoms with Crippen LogP contribution >= 0.6 is 0 Å². The highest BCUT2D eigenvalue weighted by atomic mass is 32.2. The summed E-state index contributed by atoms with van der Waals surface area (Å²) < 4.78 is 64.4. The van der Waals surface area contributed by atoms with Gasteiger partial charge in [0.15, 0.2) is 0 Å². The quantitative estimate of drug-likeness (QED) is 0.745. The van der Waals surface area contributed by atoms with Gasteiger partial charge in [-0.3, -0.25) is 4.79 Å². The van der Waals surface area contributed by atoms with E-state index in [1.807, 2.05) is 0 Å². The summed E-state index contributed by atoms with van der Waals surface area (Å²) in [5.41, 5.74) is -6.05. The summed E-state index contributed by atoms with van der Waals surface area (Å²) in [4.78, 5) is 11.8. The van der Waals surface area contributed by atoms with Crippen LogP contribution in [-0.4, -0.2) is 32.8 Å². The molecule has 0 spiro atoms. The average molecular weight is 328 g/mol. The summed E-state index contributed by atoms with van der Waals surface area (Å²) in [7, 11) is -3.72.